The standard InChI is InChI=1S/C25H26F3N2O5S/c1-34-18-7-3-15(4-8-18)11-23-20-10-9-19(35-36(2,32)33)13-21(20)24(30(23)31)16-5-6-17(14-29)22(12-16)25(26,27)28/h3-8,12,19-21,23-24H,9-11,13H2,1-2H3/q-1. The molecule has 11 heteroatoms. The van der Waals surface area contributed by atoms with E-state index >= 15 is 0 Å². The summed E-state index contributed by atoms with van der Waals surface area (Å²) in [6.07, 6.45) is -2.93. The Balaban J connectivity index is 1.71. The fourth-order valence-electron chi connectivity index (χ4n) is 5.66. The molecule has 0 spiro atoms. The molecular formula is C25H26F3N2O5S-. The van der Waals surface area contributed by atoms with Crippen LogP contribution >= 0.6 is 0 Å². The van der Waals surface area contributed by atoms with Gasteiger partial charge in [-0.05, 0) is 72.9 Å². The Morgan fingerprint density at radius 1 is 1.14 bits per heavy atom. The molecule has 2 aromatic rings. The van der Waals surface area contributed by atoms with Crippen LogP contribution in [0, 0.1) is 28.4 Å². The number of hydrogen-bond acceptors (Lipinski definition) is 7. The molecule has 7 nitrogen and oxygen atoms in total. The largest absolute Gasteiger partial charge is 0.784 e. The maximum Gasteiger partial charge on any atom is 0.417 e. The van der Waals surface area contributed by atoms with Crippen molar-refractivity contribution in [2.75, 3.05) is 13.4 Å². The average Bonchev–Trinajstić information content (AvgIpc) is 3.08. The van der Waals surface area contributed by atoms with Crippen molar-refractivity contribution in [3.63, 3.8) is 0 Å². The van der Waals surface area contributed by atoms with Crippen molar-refractivity contribution in [2.24, 2.45) is 11.8 Å². The van der Waals surface area contributed by atoms with Crippen molar-refractivity contribution in [3.8, 4) is 11.8 Å². The Hall–Kier alpha value is -2.65. The number of halogens is 3. The van der Waals surface area contributed by atoms with Crippen molar-refractivity contribution < 1.29 is 30.5 Å². The van der Waals surface area contributed by atoms with Crippen LogP contribution in [-0.2, 0) is 26.9 Å². The molecular weight excluding hydrogens is 497 g/mol. The minimum Gasteiger partial charge on any atom is -0.784 e. The van der Waals surface area contributed by atoms with Gasteiger partial charge in [0, 0.05) is 12.1 Å². The highest BCUT2D eigenvalue weighted by atomic mass is 32.2. The summed E-state index contributed by atoms with van der Waals surface area (Å²) in [4.78, 5) is 0. The SMILES string of the molecule is COc1ccc(CC2C3CCC(OS(C)(=O)=O)CC3C(c3ccc(C#N)c(C(F)(F)F)c3)N2[O-])cc1. The Morgan fingerprint density at radius 3 is 2.42 bits per heavy atom. The first-order chi connectivity index (χ1) is 16.9. The number of rotatable bonds is 6. The van der Waals surface area contributed by atoms with E-state index in [2.05, 4.69) is 0 Å². The van der Waals surface area contributed by atoms with E-state index in [0.29, 0.717) is 25.0 Å². The smallest absolute Gasteiger partial charge is 0.417 e. The van der Waals surface area contributed by atoms with Crippen LogP contribution < -0.4 is 4.74 Å². The van der Waals surface area contributed by atoms with Crippen LogP contribution in [0.15, 0.2) is 42.5 Å². The van der Waals surface area contributed by atoms with Crippen LogP contribution in [0.1, 0.15) is 47.6 Å². The summed E-state index contributed by atoms with van der Waals surface area (Å²) in [5.41, 5.74) is -0.573. The van der Waals surface area contributed by atoms with Crippen molar-refractivity contribution in [2.45, 2.75) is 50.0 Å². The van der Waals surface area contributed by atoms with E-state index in [0.717, 1.165) is 29.0 Å². The molecule has 0 radical (unpaired) electrons. The highest BCUT2D eigenvalue weighted by molar-refractivity contribution is 7.86. The van der Waals surface area contributed by atoms with Crippen molar-refractivity contribution >= 4 is 10.1 Å². The number of hydrogen-bond donors (Lipinski definition) is 0. The zero-order chi connectivity index (χ0) is 26.3. The predicted molar refractivity (Wildman–Crippen MR) is 125 cm³/mol. The van der Waals surface area contributed by atoms with E-state index in [-0.39, 0.29) is 17.9 Å². The van der Waals surface area contributed by atoms with Crippen molar-refractivity contribution in [3.05, 3.63) is 69.9 Å². The van der Waals surface area contributed by atoms with Crippen LogP contribution in [0.3, 0.4) is 0 Å². The number of hydroxylamine groups is 2. The van der Waals surface area contributed by atoms with Gasteiger partial charge in [-0.15, -0.1) is 0 Å². The lowest BCUT2D eigenvalue weighted by molar-refractivity contribution is -0.137. The van der Waals surface area contributed by atoms with Gasteiger partial charge in [-0.2, -0.15) is 26.9 Å². The summed E-state index contributed by atoms with van der Waals surface area (Å²) >= 11 is 0. The molecule has 1 aliphatic carbocycles. The molecule has 194 valence electrons. The molecule has 0 amide bonds. The third kappa shape index (κ3) is 5.52. The molecule has 1 aliphatic heterocycles. The number of ether oxygens (including phenoxy) is 1. The van der Waals surface area contributed by atoms with E-state index in [1.807, 2.05) is 12.1 Å². The summed E-state index contributed by atoms with van der Waals surface area (Å²) in [7, 11) is -2.19. The lowest BCUT2D eigenvalue weighted by Crippen LogP contribution is -2.34. The first-order valence-electron chi connectivity index (χ1n) is 11.5. The van der Waals surface area contributed by atoms with Gasteiger partial charge in [0.2, 0.25) is 0 Å². The fraction of sp³-hybridized carbons (Fsp3) is 0.480. The van der Waals surface area contributed by atoms with E-state index < -0.39 is 51.5 Å². The quantitative estimate of drug-likeness (QED) is 0.501. The summed E-state index contributed by atoms with van der Waals surface area (Å²) in [5.74, 6) is 0.0786. The van der Waals surface area contributed by atoms with Gasteiger partial charge in [0.25, 0.3) is 10.1 Å². The maximum absolute atomic E-state index is 13.7. The molecule has 5 unspecified atom stereocenters. The first kappa shape index (κ1) is 26.4. The molecule has 0 N–H and O–H groups in total. The molecule has 1 heterocycles. The second-order valence-electron chi connectivity index (χ2n) is 9.40. The number of benzene rings is 2. The van der Waals surface area contributed by atoms with Crippen LogP contribution in [-0.4, -0.2) is 39.0 Å². The van der Waals surface area contributed by atoms with Crippen molar-refractivity contribution in [1.29, 1.82) is 5.26 Å². The van der Waals surface area contributed by atoms with Gasteiger partial charge in [-0.3, -0.25) is 4.18 Å². The topological polar surface area (TPSA) is 103 Å². The monoisotopic (exact) mass is 523 g/mol. The predicted octanol–water partition coefficient (Wildman–Crippen LogP) is 4.81. The summed E-state index contributed by atoms with van der Waals surface area (Å²) < 4.78 is 74.9. The minimum atomic E-state index is -4.76. The number of nitriles is 1. The molecule has 2 aliphatic rings. The summed E-state index contributed by atoms with van der Waals surface area (Å²) in [5, 5.41) is 23.7. The highest BCUT2D eigenvalue weighted by Crippen LogP contribution is 2.52. The summed E-state index contributed by atoms with van der Waals surface area (Å²) in [6.45, 7) is 0. The third-order valence-corrected chi connectivity index (χ3v) is 7.76. The zero-order valence-electron chi connectivity index (χ0n) is 19.7. The van der Waals surface area contributed by atoms with Crippen LogP contribution in [0.5, 0.6) is 5.75 Å². The second-order valence-corrected chi connectivity index (χ2v) is 11.0. The fourth-order valence-corrected chi connectivity index (χ4v) is 6.33. The average molecular weight is 524 g/mol. The van der Waals surface area contributed by atoms with E-state index in [4.69, 9.17) is 14.2 Å². The molecule has 2 aromatic carbocycles. The Morgan fingerprint density at radius 2 is 1.83 bits per heavy atom. The minimum absolute atomic E-state index is 0.156. The number of nitrogens with zero attached hydrogens (tertiary/aromatic N) is 2. The van der Waals surface area contributed by atoms with Gasteiger partial charge < -0.3 is 15.0 Å². The van der Waals surface area contributed by atoms with Crippen LogP contribution in [0.4, 0.5) is 13.2 Å². The molecule has 2 fully saturated rings. The molecule has 4 rings (SSSR count). The van der Waals surface area contributed by atoms with Crippen LogP contribution in [0.2, 0.25) is 0 Å². The lowest BCUT2D eigenvalue weighted by atomic mass is 9.72. The second kappa shape index (κ2) is 10.0. The molecule has 1 saturated carbocycles. The number of methoxy groups -OCH3 is 1. The normalized spacial score (nSPS) is 26.9. The van der Waals surface area contributed by atoms with E-state index in [1.165, 1.54) is 6.07 Å². The van der Waals surface area contributed by atoms with Crippen LogP contribution in [0.25, 0.3) is 0 Å². The molecule has 5 atom stereocenters. The van der Waals surface area contributed by atoms with E-state index in [1.54, 1.807) is 25.3 Å². The van der Waals surface area contributed by atoms with Crippen molar-refractivity contribution in [1.82, 2.24) is 5.06 Å². The Kier molecular flexibility index (Phi) is 7.35. The van der Waals surface area contributed by atoms with Gasteiger partial charge in [0.05, 0.1) is 36.7 Å². The van der Waals surface area contributed by atoms with E-state index in [9.17, 15) is 26.8 Å². The van der Waals surface area contributed by atoms with Gasteiger partial charge >= 0.3 is 6.18 Å². The van der Waals surface area contributed by atoms with Gasteiger partial charge in [-0.1, -0.05) is 18.2 Å². The summed E-state index contributed by atoms with van der Waals surface area (Å²) in [6, 6.07) is 10.7. The molecule has 36 heavy (non-hydrogen) atoms. The Bertz CT molecular complexity index is 1240. The first-order valence-corrected chi connectivity index (χ1v) is 13.3. The molecule has 1 saturated heterocycles. The van der Waals surface area contributed by atoms with Gasteiger partial charge in [0.15, 0.2) is 0 Å². The third-order valence-electron chi connectivity index (χ3n) is 7.13. The van der Waals surface area contributed by atoms with Gasteiger partial charge in [0.1, 0.15) is 5.75 Å². The zero-order valence-corrected chi connectivity index (χ0v) is 20.6. The number of fused-ring (bicyclic) bond motifs is 1. The number of alkyl halides is 3. The maximum atomic E-state index is 13.7. The molecule has 0 aromatic heterocycles. The Labute approximate surface area is 208 Å². The lowest BCUT2D eigenvalue weighted by Gasteiger charge is -2.38. The molecule has 0 bridgehead atoms. The highest BCUT2D eigenvalue weighted by Gasteiger charge is 2.49. The van der Waals surface area contributed by atoms with Gasteiger partial charge in [-0.25, -0.2) is 0 Å².